The summed E-state index contributed by atoms with van der Waals surface area (Å²) in [4.78, 5) is 10.7. The summed E-state index contributed by atoms with van der Waals surface area (Å²) in [5.41, 5.74) is 3.38. The summed E-state index contributed by atoms with van der Waals surface area (Å²) >= 11 is 0. The molecule has 116 valence electrons. The predicted octanol–water partition coefficient (Wildman–Crippen LogP) is 3.14. The zero-order valence-electron chi connectivity index (χ0n) is 12.9. The summed E-state index contributed by atoms with van der Waals surface area (Å²) < 4.78 is 5.75. The highest BCUT2D eigenvalue weighted by Crippen LogP contribution is 2.15. The minimum absolute atomic E-state index is 0.519. The van der Waals surface area contributed by atoms with Crippen molar-refractivity contribution in [3.8, 4) is 5.75 Å². The smallest absolute Gasteiger partial charge is 0.320 e. The topological polar surface area (TPSA) is 58.6 Å². The molecule has 1 atom stereocenters. The van der Waals surface area contributed by atoms with E-state index in [1.165, 1.54) is 5.56 Å². The standard InChI is InChI=1S/C18H21NO3/c1-13-4-3-5-16(10-13)12-22-17-8-6-15(7-9-17)11-19-14(2)18(20)21/h3-10,14,19H,11-12H2,1-2H3,(H,20,21)/t14-/m0/s1. The molecule has 2 rings (SSSR count). The van der Waals surface area contributed by atoms with E-state index in [0.29, 0.717) is 13.2 Å². The molecule has 4 heteroatoms. The number of nitrogens with one attached hydrogen (secondary N) is 1. The van der Waals surface area contributed by atoms with Crippen molar-refractivity contribution < 1.29 is 14.6 Å². The Labute approximate surface area is 130 Å². The second kappa shape index (κ2) is 7.61. The average Bonchev–Trinajstić information content (AvgIpc) is 2.51. The number of rotatable bonds is 7. The number of carbonyl (C=O) groups is 1. The first-order valence-electron chi connectivity index (χ1n) is 7.28. The zero-order chi connectivity index (χ0) is 15.9. The number of ether oxygens (including phenoxy) is 1. The van der Waals surface area contributed by atoms with E-state index in [9.17, 15) is 4.79 Å². The highest BCUT2D eigenvalue weighted by atomic mass is 16.5. The molecule has 0 aromatic heterocycles. The number of aryl methyl sites for hydroxylation is 1. The largest absolute Gasteiger partial charge is 0.489 e. The first-order valence-corrected chi connectivity index (χ1v) is 7.28. The van der Waals surface area contributed by atoms with Gasteiger partial charge in [0.15, 0.2) is 0 Å². The van der Waals surface area contributed by atoms with Crippen molar-refractivity contribution >= 4 is 5.97 Å². The highest BCUT2D eigenvalue weighted by molar-refractivity contribution is 5.72. The Balaban J connectivity index is 1.85. The first-order chi connectivity index (χ1) is 10.5. The van der Waals surface area contributed by atoms with E-state index in [-0.39, 0.29) is 0 Å². The minimum atomic E-state index is -0.849. The monoisotopic (exact) mass is 299 g/mol. The van der Waals surface area contributed by atoms with Gasteiger partial charge in [0.25, 0.3) is 0 Å². The molecule has 0 unspecified atom stereocenters. The van der Waals surface area contributed by atoms with Crippen molar-refractivity contribution in [1.29, 1.82) is 0 Å². The molecule has 2 aromatic carbocycles. The molecular weight excluding hydrogens is 278 g/mol. The Hall–Kier alpha value is -2.33. The molecule has 0 amide bonds. The lowest BCUT2D eigenvalue weighted by molar-refractivity contribution is -0.139. The Morgan fingerprint density at radius 1 is 1.18 bits per heavy atom. The van der Waals surface area contributed by atoms with Crippen LogP contribution in [-0.4, -0.2) is 17.1 Å². The number of benzene rings is 2. The van der Waals surface area contributed by atoms with Crippen LogP contribution in [0.4, 0.5) is 0 Å². The van der Waals surface area contributed by atoms with Gasteiger partial charge in [-0.05, 0) is 37.1 Å². The molecule has 0 spiro atoms. The van der Waals surface area contributed by atoms with Crippen LogP contribution >= 0.6 is 0 Å². The van der Waals surface area contributed by atoms with Crippen LogP contribution in [0.2, 0.25) is 0 Å². The number of carboxylic acids is 1. The van der Waals surface area contributed by atoms with Crippen LogP contribution in [0.15, 0.2) is 48.5 Å². The zero-order valence-corrected chi connectivity index (χ0v) is 12.9. The number of hydrogen-bond acceptors (Lipinski definition) is 3. The fraction of sp³-hybridized carbons (Fsp3) is 0.278. The molecule has 0 heterocycles. The van der Waals surface area contributed by atoms with E-state index in [4.69, 9.17) is 9.84 Å². The maximum Gasteiger partial charge on any atom is 0.320 e. The first kappa shape index (κ1) is 16.0. The molecule has 22 heavy (non-hydrogen) atoms. The van der Waals surface area contributed by atoms with Gasteiger partial charge in [-0.25, -0.2) is 0 Å². The van der Waals surface area contributed by atoms with Gasteiger partial charge in [-0.3, -0.25) is 4.79 Å². The predicted molar refractivity (Wildman–Crippen MR) is 85.9 cm³/mol. The van der Waals surface area contributed by atoms with E-state index in [0.717, 1.165) is 16.9 Å². The Bertz CT molecular complexity index is 622. The second-order valence-corrected chi connectivity index (χ2v) is 5.36. The van der Waals surface area contributed by atoms with Gasteiger partial charge in [0.1, 0.15) is 18.4 Å². The molecule has 0 radical (unpaired) electrons. The summed E-state index contributed by atoms with van der Waals surface area (Å²) in [6.07, 6.45) is 0. The molecule has 2 N–H and O–H groups in total. The number of carboxylic acid groups (broad SMARTS) is 1. The molecular formula is C18H21NO3. The lowest BCUT2D eigenvalue weighted by Crippen LogP contribution is -2.33. The van der Waals surface area contributed by atoms with Crippen LogP contribution in [0.5, 0.6) is 5.75 Å². The van der Waals surface area contributed by atoms with E-state index >= 15 is 0 Å². The molecule has 4 nitrogen and oxygen atoms in total. The van der Waals surface area contributed by atoms with Crippen molar-refractivity contribution in [2.75, 3.05) is 0 Å². The number of hydrogen-bond donors (Lipinski definition) is 2. The van der Waals surface area contributed by atoms with Crippen LogP contribution in [0.3, 0.4) is 0 Å². The Morgan fingerprint density at radius 2 is 1.91 bits per heavy atom. The summed E-state index contributed by atoms with van der Waals surface area (Å²) in [7, 11) is 0. The summed E-state index contributed by atoms with van der Waals surface area (Å²) in [6.45, 7) is 4.74. The quantitative estimate of drug-likeness (QED) is 0.824. The van der Waals surface area contributed by atoms with Gasteiger partial charge in [-0.15, -0.1) is 0 Å². The highest BCUT2D eigenvalue weighted by Gasteiger charge is 2.09. The molecule has 2 aromatic rings. The number of aliphatic carboxylic acids is 1. The van der Waals surface area contributed by atoms with Gasteiger partial charge in [0.2, 0.25) is 0 Å². The van der Waals surface area contributed by atoms with E-state index in [1.54, 1.807) is 6.92 Å². The molecule has 0 aliphatic heterocycles. The summed E-state index contributed by atoms with van der Waals surface area (Å²) in [5, 5.41) is 11.8. The summed E-state index contributed by atoms with van der Waals surface area (Å²) in [6, 6.07) is 15.3. The van der Waals surface area contributed by atoms with E-state index in [2.05, 4.69) is 24.4 Å². The van der Waals surface area contributed by atoms with Crippen LogP contribution in [0.25, 0.3) is 0 Å². The SMILES string of the molecule is Cc1cccc(COc2ccc(CN[C@@H](C)C(=O)O)cc2)c1. The Morgan fingerprint density at radius 3 is 2.55 bits per heavy atom. The molecule has 0 fully saturated rings. The van der Waals surface area contributed by atoms with E-state index in [1.807, 2.05) is 36.4 Å². The lowest BCUT2D eigenvalue weighted by Gasteiger charge is -2.10. The van der Waals surface area contributed by atoms with Crippen molar-refractivity contribution in [1.82, 2.24) is 5.32 Å². The molecule has 0 saturated heterocycles. The van der Waals surface area contributed by atoms with Crippen LogP contribution in [0, 0.1) is 6.92 Å². The fourth-order valence-electron chi connectivity index (χ4n) is 2.03. The maximum atomic E-state index is 10.7. The van der Waals surface area contributed by atoms with Gasteiger partial charge in [0.05, 0.1) is 0 Å². The van der Waals surface area contributed by atoms with Crippen LogP contribution in [0.1, 0.15) is 23.6 Å². The van der Waals surface area contributed by atoms with E-state index < -0.39 is 12.0 Å². The molecule has 0 bridgehead atoms. The van der Waals surface area contributed by atoms with Crippen LogP contribution in [-0.2, 0) is 17.9 Å². The second-order valence-electron chi connectivity index (χ2n) is 5.36. The third kappa shape index (κ3) is 4.90. The van der Waals surface area contributed by atoms with Gasteiger partial charge in [-0.1, -0.05) is 42.0 Å². The third-order valence-electron chi connectivity index (χ3n) is 3.39. The van der Waals surface area contributed by atoms with Crippen molar-refractivity contribution in [2.45, 2.75) is 33.0 Å². The Kier molecular flexibility index (Phi) is 5.55. The minimum Gasteiger partial charge on any atom is -0.489 e. The molecule has 0 aliphatic carbocycles. The average molecular weight is 299 g/mol. The maximum absolute atomic E-state index is 10.7. The van der Waals surface area contributed by atoms with Crippen molar-refractivity contribution in [2.24, 2.45) is 0 Å². The molecule has 0 saturated carbocycles. The van der Waals surface area contributed by atoms with Gasteiger partial charge < -0.3 is 15.2 Å². The lowest BCUT2D eigenvalue weighted by atomic mass is 10.1. The van der Waals surface area contributed by atoms with Gasteiger partial charge >= 0.3 is 5.97 Å². The summed E-state index contributed by atoms with van der Waals surface area (Å²) in [5.74, 6) is -0.0466. The van der Waals surface area contributed by atoms with Crippen molar-refractivity contribution in [3.05, 3.63) is 65.2 Å². The normalized spacial score (nSPS) is 11.9. The van der Waals surface area contributed by atoms with Gasteiger partial charge in [-0.2, -0.15) is 0 Å². The third-order valence-corrected chi connectivity index (χ3v) is 3.39. The molecule has 0 aliphatic rings. The fourth-order valence-corrected chi connectivity index (χ4v) is 2.03. The van der Waals surface area contributed by atoms with Crippen molar-refractivity contribution in [3.63, 3.8) is 0 Å². The van der Waals surface area contributed by atoms with Gasteiger partial charge in [0, 0.05) is 6.54 Å². The van der Waals surface area contributed by atoms with Crippen LogP contribution < -0.4 is 10.1 Å².